The lowest BCUT2D eigenvalue weighted by Gasteiger charge is -2.20. The minimum absolute atomic E-state index is 0.0458. The van der Waals surface area contributed by atoms with Crippen LogP contribution in [0.2, 0.25) is 0 Å². The maximum absolute atomic E-state index is 12.8. The molecule has 1 aromatic carbocycles. The van der Waals surface area contributed by atoms with Gasteiger partial charge < -0.3 is 18.6 Å². The summed E-state index contributed by atoms with van der Waals surface area (Å²) < 4.78 is 15.6. The fraction of sp³-hybridized carbons (Fsp3) is 0.263. The number of carbonyl (C=O) groups is 1. The number of nitrogens with zero attached hydrogens (tertiary/aromatic N) is 3. The number of methoxy groups -OCH3 is 1. The topological polar surface area (TPSA) is 98.7 Å². The van der Waals surface area contributed by atoms with Crippen LogP contribution in [0.3, 0.4) is 0 Å². The number of rotatable bonds is 4. The van der Waals surface area contributed by atoms with Gasteiger partial charge in [0.05, 0.1) is 7.11 Å². The van der Waals surface area contributed by atoms with E-state index in [4.69, 9.17) is 13.7 Å². The zero-order chi connectivity index (χ0) is 18.8. The molecule has 0 bridgehead atoms. The quantitative estimate of drug-likeness (QED) is 0.699. The Balaban J connectivity index is 1.59. The number of hydrogen-bond acceptors (Lipinski definition) is 7. The molecule has 0 radical (unpaired) electrons. The smallest absolute Gasteiger partial charge is 0.290 e. The fourth-order valence-electron chi connectivity index (χ4n) is 3.14. The summed E-state index contributed by atoms with van der Waals surface area (Å²) in [6.07, 6.45) is 2.63. The number of benzene rings is 1. The highest BCUT2D eigenvalue weighted by Gasteiger charge is 2.35. The van der Waals surface area contributed by atoms with E-state index in [2.05, 4.69) is 10.1 Å². The molecule has 1 unspecified atom stereocenters. The van der Waals surface area contributed by atoms with Crippen LogP contribution in [0.1, 0.15) is 35.3 Å². The van der Waals surface area contributed by atoms with Gasteiger partial charge in [0.2, 0.25) is 22.9 Å². The minimum atomic E-state index is -0.410. The van der Waals surface area contributed by atoms with Gasteiger partial charge in [-0.1, -0.05) is 35.5 Å². The summed E-state index contributed by atoms with van der Waals surface area (Å²) in [7, 11) is 1.37. The molecular weight excluding hydrogens is 350 g/mol. The second-order valence-corrected chi connectivity index (χ2v) is 6.16. The highest BCUT2D eigenvalue weighted by molar-refractivity contribution is 5.91. The molecule has 1 fully saturated rings. The zero-order valence-corrected chi connectivity index (χ0v) is 14.6. The molecule has 3 heterocycles. The summed E-state index contributed by atoms with van der Waals surface area (Å²) >= 11 is 0. The van der Waals surface area contributed by atoms with Crippen molar-refractivity contribution in [1.29, 1.82) is 0 Å². The molecule has 0 aliphatic carbocycles. The van der Waals surface area contributed by atoms with Gasteiger partial charge in [-0.15, -0.1) is 0 Å². The van der Waals surface area contributed by atoms with Crippen molar-refractivity contribution < 1.29 is 18.5 Å². The summed E-state index contributed by atoms with van der Waals surface area (Å²) in [5.41, 5.74) is 0.427. The normalized spacial score (nSPS) is 16.5. The van der Waals surface area contributed by atoms with Crippen molar-refractivity contribution in [2.45, 2.75) is 18.9 Å². The predicted octanol–water partition coefficient (Wildman–Crippen LogP) is 2.68. The third-order valence-corrected chi connectivity index (χ3v) is 4.50. The van der Waals surface area contributed by atoms with E-state index < -0.39 is 11.3 Å². The van der Waals surface area contributed by atoms with Crippen molar-refractivity contribution in [3.63, 3.8) is 0 Å². The van der Waals surface area contributed by atoms with Crippen LogP contribution in [0, 0.1) is 0 Å². The molecule has 0 saturated carbocycles. The molecule has 138 valence electrons. The van der Waals surface area contributed by atoms with Gasteiger partial charge in [0.1, 0.15) is 12.3 Å². The molecule has 0 spiro atoms. The molecule has 8 nitrogen and oxygen atoms in total. The largest absolute Gasteiger partial charge is 0.490 e. The van der Waals surface area contributed by atoms with E-state index in [0.29, 0.717) is 24.7 Å². The molecular formula is C19H17N3O5. The van der Waals surface area contributed by atoms with Crippen LogP contribution in [0.25, 0.3) is 11.4 Å². The monoisotopic (exact) mass is 367 g/mol. The molecule has 2 aromatic heterocycles. The number of carbonyl (C=O) groups excluding carboxylic acids is 1. The van der Waals surface area contributed by atoms with Gasteiger partial charge in [0.15, 0.2) is 5.76 Å². The van der Waals surface area contributed by atoms with E-state index >= 15 is 0 Å². The minimum Gasteiger partial charge on any atom is -0.490 e. The van der Waals surface area contributed by atoms with E-state index in [0.717, 1.165) is 24.3 Å². The van der Waals surface area contributed by atoms with Crippen LogP contribution >= 0.6 is 0 Å². The van der Waals surface area contributed by atoms with Crippen LogP contribution in [0.15, 0.2) is 56.4 Å². The fourth-order valence-corrected chi connectivity index (χ4v) is 3.14. The van der Waals surface area contributed by atoms with Gasteiger partial charge in [-0.2, -0.15) is 4.98 Å². The Morgan fingerprint density at radius 3 is 2.85 bits per heavy atom. The van der Waals surface area contributed by atoms with Crippen molar-refractivity contribution in [2.75, 3.05) is 13.7 Å². The number of ether oxygens (including phenoxy) is 1. The van der Waals surface area contributed by atoms with Crippen molar-refractivity contribution >= 4 is 5.91 Å². The summed E-state index contributed by atoms with van der Waals surface area (Å²) in [4.78, 5) is 30.8. The SMILES string of the molecule is COc1coc(C(=O)N2CCCC2c2nc(-c3ccccc3)no2)cc1=O. The first kappa shape index (κ1) is 17.0. The third-order valence-electron chi connectivity index (χ3n) is 4.50. The first-order chi connectivity index (χ1) is 13.2. The Bertz CT molecular complexity index is 1010. The van der Waals surface area contributed by atoms with Crippen LogP contribution in [0.4, 0.5) is 0 Å². The lowest BCUT2D eigenvalue weighted by atomic mass is 10.2. The molecule has 3 aromatic rings. The van der Waals surface area contributed by atoms with Crippen LogP contribution in [0.5, 0.6) is 5.75 Å². The number of likely N-dealkylation sites (tertiary alicyclic amines) is 1. The molecule has 1 aliphatic heterocycles. The average molecular weight is 367 g/mol. The van der Waals surface area contributed by atoms with Crippen molar-refractivity contribution in [3.05, 3.63) is 64.5 Å². The predicted molar refractivity (Wildman–Crippen MR) is 94.3 cm³/mol. The van der Waals surface area contributed by atoms with Crippen molar-refractivity contribution in [3.8, 4) is 17.1 Å². The Morgan fingerprint density at radius 2 is 2.11 bits per heavy atom. The molecule has 27 heavy (non-hydrogen) atoms. The summed E-state index contributed by atoms with van der Waals surface area (Å²) in [6, 6.07) is 10.3. The Labute approximate surface area is 154 Å². The Morgan fingerprint density at radius 1 is 1.30 bits per heavy atom. The first-order valence-corrected chi connectivity index (χ1v) is 8.54. The lowest BCUT2D eigenvalue weighted by Crippen LogP contribution is -2.31. The van der Waals surface area contributed by atoms with E-state index in [9.17, 15) is 9.59 Å². The second kappa shape index (κ2) is 7.06. The van der Waals surface area contributed by atoms with E-state index in [1.165, 1.54) is 7.11 Å². The molecule has 1 amide bonds. The Kier molecular flexibility index (Phi) is 4.45. The van der Waals surface area contributed by atoms with Crippen molar-refractivity contribution in [1.82, 2.24) is 15.0 Å². The summed E-state index contributed by atoms with van der Waals surface area (Å²) in [5, 5.41) is 4.02. The highest BCUT2D eigenvalue weighted by atomic mass is 16.5. The zero-order valence-electron chi connectivity index (χ0n) is 14.6. The number of aromatic nitrogens is 2. The number of hydrogen-bond donors (Lipinski definition) is 0. The van der Waals surface area contributed by atoms with Gasteiger partial charge in [0, 0.05) is 18.2 Å². The summed E-state index contributed by atoms with van der Waals surface area (Å²) in [5.74, 6) is 0.456. The van der Waals surface area contributed by atoms with Crippen LogP contribution in [-0.2, 0) is 0 Å². The molecule has 4 rings (SSSR count). The van der Waals surface area contributed by atoms with E-state index in [-0.39, 0.29) is 17.6 Å². The average Bonchev–Trinajstić information content (AvgIpc) is 3.37. The molecule has 0 N–H and O–H groups in total. The van der Waals surface area contributed by atoms with Gasteiger partial charge in [0.25, 0.3) is 5.91 Å². The second-order valence-electron chi connectivity index (χ2n) is 6.16. The molecule has 1 aliphatic rings. The first-order valence-electron chi connectivity index (χ1n) is 8.54. The summed E-state index contributed by atoms with van der Waals surface area (Å²) in [6.45, 7) is 0.516. The van der Waals surface area contributed by atoms with Gasteiger partial charge >= 0.3 is 0 Å². The lowest BCUT2D eigenvalue weighted by molar-refractivity contribution is 0.0674. The van der Waals surface area contributed by atoms with Gasteiger partial charge in [-0.25, -0.2) is 0 Å². The Hall–Kier alpha value is -3.42. The van der Waals surface area contributed by atoms with Gasteiger partial charge in [-0.05, 0) is 12.8 Å². The molecule has 1 saturated heterocycles. The highest BCUT2D eigenvalue weighted by Crippen LogP contribution is 2.33. The van der Waals surface area contributed by atoms with E-state index in [1.54, 1.807) is 4.90 Å². The maximum Gasteiger partial charge on any atom is 0.290 e. The number of amides is 1. The maximum atomic E-state index is 12.8. The van der Waals surface area contributed by atoms with E-state index in [1.807, 2.05) is 30.3 Å². The van der Waals surface area contributed by atoms with Crippen LogP contribution < -0.4 is 10.2 Å². The molecule has 1 atom stereocenters. The molecule has 8 heteroatoms. The van der Waals surface area contributed by atoms with Crippen LogP contribution in [-0.4, -0.2) is 34.6 Å². The van der Waals surface area contributed by atoms with Gasteiger partial charge in [-0.3, -0.25) is 9.59 Å². The standard InChI is InChI=1S/C19H17N3O5/c1-25-16-11-26-15(10-14(16)23)19(24)22-9-5-8-13(22)18-20-17(21-27-18)12-6-3-2-4-7-12/h2-4,6-7,10-11,13H,5,8-9H2,1H3. The third kappa shape index (κ3) is 3.21. The van der Waals surface area contributed by atoms with Crippen molar-refractivity contribution in [2.24, 2.45) is 0 Å².